The number of nitrogens with one attached hydrogen (secondary N) is 1. The molecule has 0 fully saturated rings. The maximum atomic E-state index is 4.79. The molecule has 0 saturated heterocycles. The lowest BCUT2D eigenvalue weighted by Crippen LogP contribution is -2.19. The van der Waals surface area contributed by atoms with Crippen molar-refractivity contribution in [3.63, 3.8) is 0 Å². The Kier molecular flexibility index (Phi) is 3.63. The highest BCUT2D eigenvalue weighted by molar-refractivity contribution is 5.85. The number of hydrogen-bond acceptors (Lipinski definition) is 4. The van der Waals surface area contributed by atoms with E-state index in [9.17, 15) is 0 Å². The maximum Gasteiger partial charge on any atom is 0.236 e. The fraction of sp³-hybridized carbons (Fsp3) is 0.190. The highest BCUT2D eigenvalue weighted by atomic mass is 15.2. The van der Waals surface area contributed by atoms with E-state index in [1.165, 1.54) is 17.5 Å². The summed E-state index contributed by atoms with van der Waals surface area (Å²) in [5.74, 6) is 1.45. The SMILES string of the molecule is c1ccc2c(c1)CCC[C@@H]2Nc1nc(-n2cccc2)nc2cccnc12. The smallest absolute Gasteiger partial charge is 0.236 e. The summed E-state index contributed by atoms with van der Waals surface area (Å²) in [4.78, 5) is 14.0. The Balaban J connectivity index is 1.61. The van der Waals surface area contributed by atoms with Gasteiger partial charge in [0.25, 0.3) is 0 Å². The van der Waals surface area contributed by atoms with Crippen molar-refractivity contribution < 1.29 is 0 Å². The first-order valence-electron chi connectivity index (χ1n) is 8.99. The summed E-state index contributed by atoms with van der Waals surface area (Å²) in [7, 11) is 0. The van der Waals surface area contributed by atoms with Crippen LogP contribution in [0, 0.1) is 0 Å². The van der Waals surface area contributed by atoms with E-state index < -0.39 is 0 Å². The summed E-state index contributed by atoms with van der Waals surface area (Å²) in [6.07, 6.45) is 9.12. The molecule has 5 rings (SSSR count). The van der Waals surface area contributed by atoms with Gasteiger partial charge in [-0.05, 0) is 54.7 Å². The Bertz CT molecular complexity index is 1060. The minimum absolute atomic E-state index is 0.248. The maximum absolute atomic E-state index is 4.79. The fourth-order valence-corrected chi connectivity index (χ4v) is 3.71. The van der Waals surface area contributed by atoms with Crippen LogP contribution >= 0.6 is 0 Å². The molecular weight excluding hydrogens is 322 g/mol. The number of aromatic nitrogens is 4. The quantitative estimate of drug-likeness (QED) is 0.603. The Morgan fingerprint density at radius 3 is 2.77 bits per heavy atom. The molecule has 26 heavy (non-hydrogen) atoms. The molecule has 0 amide bonds. The molecule has 1 atom stereocenters. The molecule has 3 aromatic heterocycles. The molecule has 1 aromatic carbocycles. The summed E-state index contributed by atoms with van der Waals surface area (Å²) in [5.41, 5.74) is 4.45. The van der Waals surface area contributed by atoms with Crippen LogP contribution < -0.4 is 5.32 Å². The zero-order valence-electron chi connectivity index (χ0n) is 14.3. The molecule has 0 aliphatic heterocycles. The summed E-state index contributed by atoms with van der Waals surface area (Å²) >= 11 is 0. The van der Waals surface area contributed by atoms with Crippen molar-refractivity contribution in [2.45, 2.75) is 25.3 Å². The van der Waals surface area contributed by atoms with E-state index in [2.05, 4.69) is 39.6 Å². The molecule has 0 saturated carbocycles. The van der Waals surface area contributed by atoms with E-state index in [1.807, 2.05) is 41.2 Å². The second-order valence-electron chi connectivity index (χ2n) is 6.62. The molecule has 4 aromatic rings. The monoisotopic (exact) mass is 341 g/mol. The van der Waals surface area contributed by atoms with Gasteiger partial charge in [-0.15, -0.1) is 0 Å². The number of benzene rings is 1. The van der Waals surface area contributed by atoms with Crippen molar-refractivity contribution in [2.75, 3.05) is 5.32 Å². The van der Waals surface area contributed by atoms with Gasteiger partial charge in [0.05, 0.1) is 11.6 Å². The van der Waals surface area contributed by atoms with E-state index >= 15 is 0 Å². The Labute approximate surface area is 151 Å². The van der Waals surface area contributed by atoms with Gasteiger partial charge in [0, 0.05) is 18.6 Å². The van der Waals surface area contributed by atoms with Gasteiger partial charge in [0.15, 0.2) is 5.82 Å². The van der Waals surface area contributed by atoms with E-state index in [-0.39, 0.29) is 6.04 Å². The molecule has 128 valence electrons. The van der Waals surface area contributed by atoms with E-state index in [0.29, 0.717) is 5.95 Å². The van der Waals surface area contributed by atoms with Crippen LogP contribution in [0.5, 0.6) is 0 Å². The van der Waals surface area contributed by atoms with Gasteiger partial charge >= 0.3 is 0 Å². The average molecular weight is 341 g/mol. The van der Waals surface area contributed by atoms with Crippen LogP contribution in [-0.2, 0) is 6.42 Å². The number of fused-ring (bicyclic) bond motifs is 2. The summed E-state index contributed by atoms with van der Waals surface area (Å²) in [5, 5.41) is 3.66. The third kappa shape index (κ3) is 2.62. The zero-order chi connectivity index (χ0) is 17.3. The van der Waals surface area contributed by atoms with Gasteiger partial charge in [-0.3, -0.25) is 9.55 Å². The van der Waals surface area contributed by atoms with Crippen LogP contribution in [0.2, 0.25) is 0 Å². The first kappa shape index (κ1) is 15.1. The van der Waals surface area contributed by atoms with Crippen molar-refractivity contribution in [1.82, 2.24) is 19.5 Å². The van der Waals surface area contributed by atoms with Crippen molar-refractivity contribution in [3.05, 3.63) is 78.2 Å². The second-order valence-corrected chi connectivity index (χ2v) is 6.62. The van der Waals surface area contributed by atoms with Crippen LogP contribution in [0.3, 0.4) is 0 Å². The van der Waals surface area contributed by atoms with E-state index in [0.717, 1.165) is 29.7 Å². The molecule has 0 spiro atoms. The molecule has 1 N–H and O–H groups in total. The number of rotatable bonds is 3. The molecule has 5 heteroatoms. The van der Waals surface area contributed by atoms with Crippen molar-refractivity contribution in [3.8, 4) is 5.95 Å². The van der Waals surface area contributed by atoms with Crippen molar-refractivity contribution in [1.29, 1.82) is 0 Å². The van der Waals surface area contributed by atoms with Crippen molar-refractivity contribution >= 4 is 16.9 Å². The van der Waals surface area contributed by atoms with Gasteiger partial charge in [-0.25, -0.2) is 4.98 Å². The lowest BCUT2D eigenvalue weighted by atomic mass is 9.88. The van der Waals surface area contributed by atoms with Gasteiger partial charge in [0.1, 0.15) is 5.52 Å². The predicted molar refractivity (Wildman–Crippen MR) is 102 cm³/mol. The first-order chi connectivity index (χ1) is 12.9. The minimum atomic E-state index is 0.248. The number of anilines is 1. The highest BCUT2D eigenvalue weighted by Crippen LogP contribution is 2.33. The molecule has 0 bridgehead atoms. The largest absolute Gasteiger partial charge is 0.361 e. The van der Waals surface area contributed by atoms with Gasteiger partial charge in [-0.2, -0.15) is 4.98 Å². The summed E-state index contributed by atoms with van der Waals surface area (Å²) < 4.78 is 1.92. The third-order valence-corrected chi connectivity index (χ3v) is 4.96. The topological polar surface area (TPSA) is 55.6 Å². The standard InChI is InChI=1S/C21H19N5/c1-2-9-16-15(7-1)8-5-10-17(16)23-20-19-18(11-6-12-22-19)24-21(25-20)26-13-3-4-14-26/h1-4,6-7,9,11-14,17H,5,8,10H2,(H,23,24,25)/t17-/m0/s1. The van der Waals surface area contributed by atoms with Gasteiger partial charge in [-0.1, -0.05) is 24.3 Å². The molecule has 1 aliphatic rings. The summed E-state index contributed by atoms with van der Waals surface area (Å²) in [6.45, 7) is 0. The Morgan fingerprint density at radius 2 is 1.85 bits per heavy atom. The highest BCUT2D eigenvalue weighted by Gasteiger charge is 2.21. The van der Waals surface area contributed by atoms with Crippen LogP contribution in [0.4, 0.5) is 5.82 Å². The zero-order valence-corrected chi connectivity index (χ0v) is 14.3. The Morgan fingerprint density at radius 1 is 0.962 bits per heavy atom. The van der Waals surface area contributed by atoms with Crippen LogP contribution in [0.1, 0.15) is 30.0 Å². The molecule has 3 heterocycles. The lowest BCUT2D eigenvalue weighted by molar-refractivity contribution is 0.599. The van der Waals surface area contributed by atoms with Crippen LogP contribution in [0.15, 0.2) is 67.1 Å². The van der Waals surface area contributed by atoms with Crippen molar-refractivity contribution in [2.24, 2.45) is 0 Å². The number of pyridine rings is 1. The van der Waals surface area contributed by atoms with Crippen LogP contribution in [0.25, 0.3) is 17.0 Å². The normalized spacial score (nSPS) is 16.4. The summed E-state index contributed by atoms with van der Waals surface area (Å²) in [6, 6.07) is 16.8. The number of nitrogens with zero attached hydrogens (tertiary/aromatic N) is 4. The molecule has 1 aliphatic carbocycles. The first-order valence-corrected chi connectivity index (χ1v) is 8.99. The van der Waals surface area contributed by atoms with Gasteiger partial charge < -0.3 is 5.32 Å². The van der Waals surface area contributed by atoms with Crippen LogP contribution in [-0.4, -0.2) is 19.5 Å². The fourth-order valence-electron chi connectivity index (χ4n) is 3.71. The Hall–Kier alpha value is -3.21. The number of aryl methyl sites for hydroxylation is 1. The predicted octanol–water partition coefficient (Wildman–Crippen LogP) is 4.31. The van der Waals surface area contributed by atoms with E-state index in [1.54, 1.807) is 6.20 Å². The van der Waals surface area contributed by atoms with Gasteiger partial charge in [0.2, 0.25) is 5.95 Å². The molecule has 0 unspecified atom stereocenters. The lowest BCUT2D eigenvalue weighted by Gasteiger charge is -2.27. The molecular formula is C21H19N5. The number of hydrogen-bond donors (Lipinski definition) is 1. The average Bonchev–Trinajstić information content (AvgIpc) is 3.23. The third-order valence-electron chi connectivity index (χ3n) is 4.96. The molecule has 0 radical (unpaired) electrons. The second kappa shape index (κ2) is 6.26. The minimum Gasteiger partial charge on any atom is -0.361 e. The molecule has 5 nitrogen and oxygen atoms in total. The van der Waals surface area contributed by atoms with E-state index in [4.69, 9.17) is 4.98 Å².